The summed E-state index contributed by atoms with van der Waals surface area (Å²) in [6, 6.07) is 12.4. The fourth-order valence-electron chi connectivity index (χ4n) is 5.41. The van der Waals surface area contributed by atoms with Crippen LogP contribution < -0.4 is 10.6 Å². The van der Waals surface area contributed by atoms with Crippen molar-refractivity contribution in [3.8, 4) is 0 Å². The maximum absolute atomic E-state index is 12.9. The van der Waals surface area contributed by atoms with Crippen LogP contribution in [0.1, 0.15) is 58.6 Å². The Morgan fingerprint density at radius 1 is 1.03 bits per heavy atom. The van der Waals surface area contributed by atoms with E-state index in [0.717, 1.165) is 43.9 Å². The van der Waals surface area contributed by atoms with E-state index in [9.17, 15) is 27.9 Å². The number of likely N-dealkylation sites (tertiary alicyclic amines) is 1. The largest absolute Gasteiger partial charge is 0.416 e. The molecule has 0 unspecified atom stereocenters. The number of aliphatic hydroxyl groups is 1. The summed E-state index contributed by atoms with van der Waals surface area (Å²) in [5.74, 6) is -0.717. The number of halogens is 3. The topological polar surface area (TPSA) is 81.7 Å². The lowest BCUT2D eigenvalue weighted by Crippen LogP contribution is -2.47. The van der Waals surface area contributed by atoms with Crippen LogP contribution in [-0.2, 0) is 11.0 Å². The minimum absolute atomic E-state index is 0.175. The number of amides is 2. The van der Waals surface area contributed by atoms with E-state index in [1.54, 1.807) is 0 Å². The Labute approximate surface area is 208 Å². The van der Waals surface area contributed by atoms with Crippen molar-refractivity contribution >= 4 is 11.8 Å². The molecule has 2 aromatic carbocycles. The first kappa shape index (κ1) is 26.2. The van der Waals surface area contributed by atoms with Crippen LogP contribution in [-0.4, -0.2) is 59.6 Å². The number of hydrogen-bond acceptors (Lipinski definition) is 4. The van der Waals surface area contributed by atoms with Crippen molar-refractivity contribution in [1.82, 2.24) is 15.5 Å². The molecule has 2 amide bonds. The van der Waals surface area contributed by atoms with Gasteiger partial charge in [-0.3, -0.25) is 14.5 Å². The van der Waals surface area contributed by atoms with Gasteiger partial charge in [0, 0.05) is 24.7 Å². The van der Waals surface area contributed by atoms with Gasteiger partial charge in [-0.15, -0.1) is 0 Å². The van der Waals surface area contributed by atoms with Gasteiger partial charge in [0.1, 0.15) is 0 Å². The summed E-state index contributed by atoms with van der Waals surface area (Å²) in [6.07, 6.45) is -1.06. The van der Waals surface area contributed by atoms with E-state index in [0.29, 0.717) is 25.0 Å². The first-order valence-corrected chi connectivity index (χ1v) is 12.3. The highest BCUT2D eigenvalue weighted by Crippen LogP contribution is 2.37. The highest BCUT2D eigenvalue weighted by Gasteiger charge is 2.37. The van der Waals surface area contributed by atoms with Crippen molar-refractivity contribution in [3.05, 3.63) is 70.8 Å². The van der Waals surface area contributed by atoms with Gasteiger partial charge in [-0.25, -0.2) is 0 Å². The van der Waals surface area contributed by atoms with Gasteiger partial charge in [-0.1, -0.05) is 30.3 Å². The summed E-state index contributed by atoms with van der Waals surface area (Å²) in [5.41, 5.74) is 1.63. The third kappa shape index (κ3) is 6.25. The van der Waals surface area contributed by atoms with Crippen LogP contribution >= 0.6 is 0 Å². The summed E-state index contributed by atoms with van der Waals surface area (Å²) in [7, 11) is 0. The molecule has 0 spiro atoms. The van der Waals surface area contributed by atoms with E-state index in [1.165, 1.54) is 17.2 Å². The highest BCUT2D eigenvalue weighted by molar-refractivity contribution is 5.96. The number of aliphatic hydroxyl groups excluding tert-OH is 1. The first-order valence-electron chi connectivity index (χ1n) is 12.3. The minimum Gasteiger partial charge on any atom is -0.390 e. The fraction of sp³-hybridized carbons (Fsp3) is 0.481. The van der Waals surface area contributed by atoms with Gasteiger partial charge < -0.3 is 15.7 Å². The predicted octanol–water partition coefficient (Wildman–Crippen LogP) is 3.63. The average Bonchev–Trinajstić information content (AvgIpc) is 3.22. The molecule has 0 radical (unpaired) electrons. The van der Waals surface area contributed by atoms with Gasteiger partial charge in [-0.2, -0.15) is 13.2 Å². The lowest BCUT2D eigenvalue weighted by atomic mass is 9.80. The second-order valence-corrected chi connectivity index (χ2v) is 9.82. The highest BCUT2D eigenvalue weighted by atomic mass is 19.4. The van der Waals surface area contributed by atoms with Gasteiger partial charge in [-0.05, 0) is 67.9 Å². The van der Waals surface area contributed by atoms with Crippen LogP contribution in [0.5, 0.6) is 0 Å². The quantitative estimate of drug-likeness (QED) is 0.563. The standard InChI is InChI=1S/C27H32F3N3O3/c1-17-5-2-3-8-22(17)18-9-11-21(12-10-18)33-15-23(24(34)16-33)32-25(35)14-31-26(36)19-6-4-7-20(13-19)27(28,29)30/h2-8,13,18,21,23-24,34H,9-12,14-16H2,1H3,(H,31,36)(H,32,35)/t18?,21?,23-,24+/m0/s1. The molecule has 0 bridgehead atoms. The minimum atomic E-state index is -4.56. The molecule has 2 aliphatic rings. The zero-order valence-corrected chi connectivity index (χ0v) is 20.2. The number of aryl methyl sites for hydroxylation is 1. The number of rotatable bonds is 6. The van der Waals surface area contributed by atoms with Crippen molar-refractivity contribution in [3.63, 3.8) is 0 Å². The molecule has 2 aromatic rings. The third-order valence-electron chi connectivity index (χ3n) is 7.37. The molecule has 0 aromatic heterocycles. The Morgan fingerprint density at radius 2 is 1.75 bits per heavy atom. The van der Waals surface area contributed by atoms with Crippen LogP contribution in [0.3, 0.4) is 0 Å². The molecule has 1 aliphatic carbocycles. The van der Waals surface area contributed by atoms with Crippen LogP contribution in [0.15, 0.2) is 48.5 Å². The molecule has 6 nitrogen and oxygen atoms in total. The van der Waals surface area contributed by atoms with E-state index < -0.39 is 35.7 Å². The van der Waals surface area contributed by atoms with E-state index in [4.69, 9.17) is 0 Å². The van der Waals surface area contributed by atoms with Crippen LogP contribution in [0.4, 0.5) is 13.2 Å². The van der Waals surface area contributed by atoms with Crippen molar-refractivity contribution in [2.75, 3.05) is 19.6 Å². The molecule has 1 aliphatic heterocycles. The number of carbonyl (C=O) groups excluding carboxylic acids is 2. The first-order chi connectivity index (χ1) is 17.1. The van der Waals surface area contributed by atoms with Crippen molar-refractivity contribution in [2.45, 2.75) is 62.9 Å². The van der Waals surface area contributed by atoms with Gasteiger partial charge in [0.05, 0.1) is 24.3 Å². The zero-order chi connectivity index (χ0) is 25.9. The predicted molar refractivity (Wildman–Crippen MR) is 129 cm³/mol. The van der Waals surface area contributed by atoms with Crippen LogP contribution in [0.2, 0.25) is 0 Å². The molecule has 1 saturated heterocycles. The molecule has 9 heteroatoms. The molecule has 1 saturated carbocycles. The van der Waals surface area contributed by atoms with Crippen LogP contribution in [0.25, 0.3) is 0 Å². The Bertz CT molecular complexity index is 1080. The second kappa shape index (κ2) is 11.0. The summed E-state index contributed by atoms with van der Waals surface area (Å²) in [6.45, 7) is 2.75. The Hall–Kier alpha value is -2.91. The molecule has 1 heterocycles. The smallest absolute Gasteiger partial charge is 0.390 e. The van der Waals surface area contributed by atoms with Gasteiger partial charge in [0.15, 0.2) is 0 Å². The number of hydrogen-bond donors (Lipinski definition) is 3. The molecule has 4 rings (SSSR count). The van der Waals surface area contributed by atoms with E-state index in [2.05, 4.69) is 46.7 Å². The average molecular weight is 504 g/mol. The molecule has 36 heavy (non-hydrogen) atoms. The molecular weight excluding hydrogens is 471 g/mol. The number of carbonyl (C=O) groups is 2. The number of β-amino-alcohol motifs (C(OH)–C–C–N with tert-alkyl or cyclic N) is 1. The summed E-state index contributed by atoms with van der Waals surface area (Å²) in [4.78, 5) is 26.8. The van der Waals surface area contributed by atoms with Crippen molar-refractivity contribution in [1.29, 1.82) is 0 Å². The number of alkyl halides is 3. The Balaban J connectivity index is 1.24. The Kier molecular flexibility index (Phi) is 8.00. The molecule has 2 fully saturated rings. The zero-order valence-electron chi connectivity index (χ0n) is 20.2. The summed E-state index contributed by atoms with van der Waals surface area (Å²) in [5, 5.41) is 15.6. The number of benzene rings is 2. The Morgan fingerprint density at radius 3 is 2.44 bits per heavy atom. The summed E-state index contributed by atoms with van der Waals surface area (Å²) < 4.78 is 38.6. The molecule has 194 valence electrons. The van der Waals surface area contributed by atoms with E-state index >= 15 is 0 Å². The third-order valence-corrected chi connectivity index (χ3v) is 7.37. The van der Waals surface area contributed by atoms with Crippen LogP contribution in [0, 0.1) is 6.92 Å². The second-order valence-electron chi connectivity index (χ2n) is 9.82. The van der Waals surface area contributed by atoms with Crippen molar-refractivity contribution < 1.29 is 27.9 Å². The van der Waals surface area contributed by atoms with Gasteiger partial charge >= 0.3 is 6.18 Å². The maximum atomic E-state index is 12.9. The van der Waals surface area contributed by atoms with E-state index in [1.807, 2.05) is 0 Å². The molecular formula is C27H32F3N3O3. The maximum Gasteiger partial charge on any atom is 0.416 e. The normalized spacial score (nSPS) is 24.9. The number of nitrogens with zero attached hydrogens (tertiary/aromatic N) is 1. The van der Waals surface area contributed by atoms with E-state index in [-0.39, 0.29) is 12.1 Å². The van der Waals surface area contributed by atoms with Gasteiger partial charge in [0.25, 0.3) is 5.91 Å². The van der Waals surface area contributed by atoms with Crippen molar-refractivity contribution in [2.24, 2.45) is 0 Å². The van der Waals surface area contributed by atoms with Gasteiger partial charge in [0.2, 0.25) is 5.91 Å². The number of nitrogens with one attached hydrogen (secondary N) is 2. The SMILES string of the molecule is Cc1ccccc1C1CCC(N2C[C@@H](O)[C@@H](NC(=O)CNC(=O)c3cccc(C(F)(F)F)c3)C2)CC1. The fourth-order valence-corrected chi connectivity index (χ4v) is 5.41. The molecule has 2 atom stereocenters. The molecule has 3 N–H and O–H groups in total. The monoisotopic (exact) mass is 503 g/mol. The lowest BCUT2D eigenvalue weighted by molar-refractivity contribution is -0.137. The lowest BCUT2D eigenvalue weighted by Gasteiger charge is -2.35. The summed E-state index contributed by atoms with van der Waals surface area (Å²) >= 11 is 0.